The van der Waals surface area contributed by atoms with E-state index < -0.39 is 5.97 Å². The normalized spacial score (nSPS) is 21.7. The van der Waals surface area contributed by atoms with Crippen molar-refractivity contribution >= 4 is 23.6 Å². The van der Waals surface area contributed by atoms with Gasteiger partial charge in [-0.1, -0.05) is 0 Å². The average Bonchev–Trinajstić information content (AvgIpc) is 2.85. The molecule has 1 amide bonds. The minimum atomic E-state index is -1.03. The lowest BCUT2D eigenvalue weighted by molar-refractivity contribution is 0.0694. The molecule has 2 atom stereocenters. The van der Waals surface area contributed by atoms with Crippen molar-refractivity contribution in [2.75, 3.05) is 6.26 Å². The van der Waals surface area contributed by atoms with Gasteiger partial charge in [-0.25, -0.2) is 9.78 Å². The lowest BCUT2D eigenvalue weighted by Gasteiger charge is -2.13. The van der Waals surface area contributed by atoms with Crippen molar-refractivity contribution in [1.29, 1.82) is 0 Å². The summed E-state index contributed by atoms with van der Waals surface area (Å²) in [6.45, 7) is 1.60. The maximum absolute atomic E-state index is 12.1. The van der Waals surface area contributed by atoms with Gasteiger partial charge in [-0.3, -0.25) is 4.79 Å². The van der Waals surface area contributed by atoms with Crippen molar-refractivity contribution in [3.8, 4) is 0 Å². The molecule has 20 heavy (non-hydrogen) atoms. The number of nitrogens with one attached hydrogen (secondary N) is 1. The van der Waals surface area contributed by atoms with Gasteiger partial charge in [0.2, 0.25) is 0 Å². The molecule has 0 aliphatic heterocycles. The Morgan fingerprint density at radius 2 is 2.15 bits per heavy atom. The number of rotatable bonds is 4. The fraction of sp³-hybridized carbons (Fsp3) is 0.500. The molecule has 108 valence electrons. The summed E-state index contributed by atoms with van der Waals surface area (Å²) >= 11 is 1.83. The highest BCUT2D eigenvalue weighted by molar-refractivity contribution is 7.99. The number of amides is 1. The van der Waals surface area contributed by atoms with Crippen LogP contribution in [0.2, 0.25) is 0 Å². The number of aryl methyl sites for hydroxylation is 1. The highest BCUT2D eigenvalue weighted by Gasteiger charge is 2.26. The Morgan fingerprint density at radius 1 is 1.40 bits per heavy atom. The van der Waals surface area contributed by atoms with Gasteiger partial charge in [0, 0.05) is 11.3 Å². The first-order valence-electron chi connectivity index (χ1n) is 6.56. The van der Waals surface area contributed by atoms with Gasteiger partial charge in [0.15, 0.2) is 0 Å². The molecule has 1 aromatic heterocycles. The van der Waals surface area contributed by atoms with E-state index in [1.54, 1.807) is 6.92 Å². The van der Waals surface area contributed by atoms with Crippen LogP contribution in [0.5, 0.6) is 0 Å². The predicted molar refractivity (Wildman–Crippen MR) is 78.3 cm³/mol. The number of aromatic nitrogens is 1. The van der Waals surface area contributed by atoms with Gasteiger partial charge < -0.3 is 10.4 Å². The zero-order valence-electron chi connectivity index (χ0n) is 11.5. The van der Waals surface area contributed by atoms with E-state index >= 15 is 0 Å². The molecule has 0 saturated heterocycles. The number of carbonyl (C=O) groups is 2. The van der Waals surface area contributed by atoms with E-state index in [2.05, 4.69) is 16.6 Å². The van der Waals surface area contributed by atoms with Crippen LogP contribution in [0.15, 0.2) is 12.1 Å². The summed E-state index contributed by atoms with van der Waals surface area (Å²) in [6, 6.07) is 3.09. The average molecular weight is 294 g/mol. The van der Waals surface area contributed by atoms with Crippen LogP contribution >= 0.6 is 11.8 Å². The molecule has 2 unspecified atom stereocenters. The zero-order valence-corrected chi connectivity index (χ0v) is 12.4. The summed E-state index contributed by atoms with van der Waals surface area (Å²) in [5, 5.41) is 12.5. The number of carboxylic acid groups (broad SMARTS) is 1. The summed E-state index contributed by atoms with van der Waals surface area (Å²) in [5.41, 5.74) is 0.767. The summed E-state index contributed by atoms with van der Waals surface area (Å²) in [6.07, 6.45) is 5.18. The monoisotopic (exact) mass is 294 g/mol. The van der Waals surface area contributed by atoms with Crippen molar-refractivity contribution in [3.63, 3.8) is 0 Å². The van der Waals surface area contributed by atoms with E-state index in [1.807, 2.05) is 11.8 Å². The molecule has 1 saturated carbocycles. The molecule has 2 N–H and O–H groups in total. The van der Waals surface area contributed by atoms with Crippen molar-refractivity contribution < 1.29 is 14.7 Å². The maximum Gasteiger partial charge on any atom is 0.337 e. The second-order valence-electron chi connectivity index (χ2n) is 4.98. The van der Waals surface area contributed by atoms with Crippen LogP contribution in [-0.4, -0.2) is 39.5 Å². The molecule has 1 aliphatic rings. The molecule has 5 nitrogen and oxygen atoms in total. The molecule has 6 heteroatoms. The van der Waals surface area contributed by atoms with Crippen LogP contribution < -0.4 is 5.32 Å². The molecule has 0 radical (unpaired) electrons. The van der Waals surface area contributed by atoms with Gasteiger partial charge in [0.05, 0.1) is 11.3 Å². The fourth-order valence-electron chi connectivity index (χ4n) is 2.46. The first-order chi connectivity index (χ1) is 9.51. The SMILES string of the molecule is CSC1CCC(NC(=O)c2ccc(C(=O)O)c(C)n2)C1. The van der Waals surface area contributed by atoms with E-state index in [4.69, 9.17) is 5.11 Å². The van der Waals surface area contributed by atoms with Crippen LogP contribution in [0.25, 0.3) is 0 Å². The van der Waals surface area contributed by atoms with E-state index in [0.29, 0.717) is 10.9 Å². The molecule has 1 aromatic rings. The van der Waals surface area contributed by atoms with Gasteiger partial charge >= 0.3 is 5.97 Å². The van der Waals surface area contributed by atoms with Crippen LogP contribution in [-0.2, 0) is 0 Å². The van der Waals surface area contributed by atoms with Gasteiger partial charge in [-0.05, 0) is 44.6 Å². The zero-order chi connectivity index (χ0) is 14.7. The Balaban J connectivity index is 2.03. The fourth-order valence-corrected chi connectivity index (χ4v) is 3.25. The minimum absolute atomic E-state index is 0.130. The van der Waals surface area contributed by atoms with Crippen LogP contribution in [0.4, 0.5) is 0 Å². The standard InChI is InChI=1S/C14H18N2O3S/c1-8-11(14(18)19)5-6-12(15-8)13(17)16-9-3-4-10(7-9)20-2/h5-6,9-10H,3-4,7H2,1-2H3,(H,16,17)(H,18,19). The molecule has 1 aliphatic carbocycles. The van der Waals surface area contributed by atoms with E-state index in [-0.39, 0.29) is 23.2 Å². The maximum atomic E-state index is 12.1. The lowest BCUT2D eigenvalue weighted by Crippen LogP contribution is -2.33. The molecular formula is C14H18N2O3S. The minimum Gasteiger partial charge on any atom is -0.478 e. The number of thioether (sulfide) groups is 1. The summed E-state index contributed by atoms with van der Waals surface area (Å²) in [5.74, 6) is -1.25. The molecule has 1 fully saturated rings. The molecule has 1 heterocycles. The number of hydrogen-bond acceptors (Lipinski definition) is 4. The number of aromatic carboxylic acids is 1. The van der Waals surface area contributed by atoms with Crippen molar-refractivity contribution in [2.24, 2.45) is 0 Å². The number of carboxylic acids is 1. The summed E-state index contributed by atoms with van der Waals surface area (Å²) in [4.78, 5) is 27.1. The van der Waals surface area contributed by atoms with Gasteiger partial charge in [0.1, 0.15) is 5.69 Å². The lowest BCUT2D eigenvalue weighted by atomic mass is 10.1. The van der Waals surface area contributed by atoms with E-state index in [0.717, 1.165) is 19.3 Å². The second kappa shape index (κ2) is 6.26. The van der Waals surface area contributed by atoms with Gasteiger partial charge in [-0.15, -0.1) is 0 Å². The largest absolute Gasteiger partial charge is 0.478 e. The molecule has 0 aromatic carbocycles. The van der Waals surface area contributed by atoms with E-state index in [9.17, 15) is 9.59 Å². The highest BCUT2D eigenvalue weighted by Crippen LogP contribution is 2.28. The number of hydrogen-bond donors (Lipinski definition) is 2. The van der Waals surface area contributed by atoms with Crippen LogP contribution in [0, 0.1) is 6.92 Å². The molecule has 0 spiro atoms. The first kappa shape index (κ1) is 14.8. The second-order valence-corrected chi connectivity index (χ2v) is 6.11. The van der Waals surface area contributed by atoms with Crippen molar-refractivity contribution in [1.82, 2.24) is 10.3 Å². The third kappa shape index (κ3) is 3.30. The quantitative estimate of drug-likeness (QED) is 0.889. The first-order valence-corrected chi connectivity index (χ1v) is 7.84. The Hall–Kier alpha value is -1.56. The number of nitrogens with zero attached hydrogens (tertiary/aromatic N) is 1. The molecule has 2 rings (SSSR count). The predicted octanol–water partition coefficient (Wildman–Crippen LogP) is 2.10. The molecular weight excluding hydrogens is 276 g/mol. The summed E-state index contributed by atoms with van der Waals surface area (Å²) < 4.78 is 0. The third-order valence-corrected chi connectivity index (χ3v) is 4.70. The highest BCUT2D eigenvalue weighted by atomic mass is 32.2. The Labute approximate surface area is 122 Å². The molecule has 0 bridgehead atoms. The third-order valence-electron chi connectivity index (χ3n) is 3.60. The van der Waals surface area contributed by atoms with Crippen molar-refractivity contribution in [3.05, 3.63) is 29.1 Å². The Kier molecular flexibility index (Phi) is 4.65. The number of carbonyl (C=O) groups excluding carboxylic acids is 1. The van der Waals surface area contributed by atoms with E-state index in [1.165, 1.54) is 12.1 Å². The van der Waals surface area contributed by atoms with Gasteiger partial charge in [-0.2, -0.15) is 11.8 Å². The van der Waals surface area contributed by atoms with Crippen LogP contribution in [0.1, 0.15) is 45.8 Å². The Morgan fingerprint density at radius 3 is 2.70 bits per heavy atom. The smallest absolute Gasteiger partial charge is 0.337 e. The topological polar surface area (TPSA) is 79.3 Å². The van der Waals surface area contributed by atoms with Crippen molar-refractivity contribution in [2.45, 2.75) is 37.5 Å². The number of pyridine rings is 1. The summed E-state index contributed by atoms with van der Waals surface area (Å²) in [7, 11) is 0. The van der Waals surface area contributed by atoms with Gasteiger partial charge in [0.25, 0.3) is 5.91 Å². The van der Waals surface area contributed by atoms with Crippen LogP contribution in [0.3, 0.4) is 0 Å². The Bertz CT molecular complexity index is 533.